The Hall–Kier alpha value is -1.03. The van der Waals surface area contributed by atoms with Crippen LogP contribution in [-0.4, -0.2) is 5.78 Å². The number of hydrogen-bond donors (Lipinski definition) is 0. The Morgan fingerprint density at radius 1 is 0.862 bits per heavy atom. The van der Waals surface area contributed by atoms with Gasteiger partial charge in [-0.2, -0.15) is 0 Å². The normalized spacial score (nSPS) is 74.0. The van der Waals surface area contributed by atoms with E-state index in [1.807, 2.05) is 0 Å². The Balaban J connectivity index is 0.860. The van der Waals surface area contributed by atoms with Crippen molar-refractivity contribution in [3.63, 3.8) is 0 Å². The Labute approximate surface area is 163 Å². The summed E-state index contributed by atoms with van der Waals surface area (Å²) in [7, 11) is 0. The summed E-state index contributed by atoms with van der Waals surface area (Å²) in [6.45, 7) is -1.03. The van der Waals surface area contributed by atoms with Gasteiger partial charge in [0, 0.05) is 0 Å². The molecule has 152 valence electrons. The van der Waals surface area contributed by atoms with Crippen LogP contribution in [0.2, 0.25) is 47.7 Å². The second-order valence-electron chi connectivity index (χ2n) is 14.4. The van der Waals surface area contributed by atoms with Gasteiger partial charge in [0.05, 0.1) is 0 Å². The van der Waals surface area contributed by atoms with Crippen molar-refractivity contribution in [3.8, 4) is 11.8 Å². The summed E-state index contributed by atoms with van der Waals surface area (Å²) in [4.78, 5) is 24.7. The molecule has 11 rings (SSSR count). The van der Waals surface area contributed by atoms with E-state index in [9.17, 15) is 4.79 Å². The van der Waals surface area contributed by atoms with E-state index in [2.05, 4.69) is 43.0 Å². The molecule has 10 aliphatic heterocycles. The fraction of sp³-hybridized carbons (Fsp3) is 0.667. The van der Waals surface area contributed by atoms with Crippen molar-refractivity contribution in [3.05, 3.63) is 35.4 Å². The number of ketones is 1. The van der Waals surface area contributed by atoms with Gasteiger partial charge in [0.2, 0.25) is 0 Å². The average molecular weight is 426 g/mol. The third kappa shape index (κ3) is 0.287. The van der Waals surface area contributed by atoms with Crippen molar-refractivity contribution in [2.45, 2.75) is 99.5 Å². The summed E-state index contributed by atoms with van der Waals surface area (Å²) in [5, 5.41) is 0. The molecule has 4 unspecified atom stereocenters. The van der Waals surface area contributed by atoms with Gasteiger partial charge in [-0.25, -0.2) is 0 Å². The zero-order valence-corrected chi connectivity index (χ0v) is 18.3. The third-order valence-electron chi connectivity index (χ3n) is 18.1. The fourth-order valence-corrected chi connectivity index (χ4v) is 92.7. The van der Waals surface area contributed by atoms with Gasteiger partial charge in [-0.3, -0.25) is 0 Å². The zero-order valence-electron chi connectivity index (χ0n) is 17.2. The number of rotatable bonds is 8. The van der Waals surface area contributed by atoms with Crippen LogP contribution in [0.15, 0.2) is 24.3 Å². The second-order valence-corrected chi connectivity index (χ2v) is 38.0. The Morgan fingerprint density at radius 2 is 1.45 bits per heavy atom. The predicted molar refractivity (Wildman–Crippen MR) is 112 cm³/mol. The van der Waals surface area contributed by atoms with E-state index in [1.54, 1.807) is 0 Å². The van der Waals surface area contributed by atoms with Gasteiger partial charge >= 0.3 is 138 Å². The average Bonchev–Trinajstić information content (AvgIpc) is 3.68. The summed E-state index contributed by atoms with van der Waals surface area (Å²) in [6.07, 6.45) is 8.96. The van der Waals surface area contributed by atoms with Crippen LogP contribution in [0, 0.1) is 11.8 Å². The van der Waals surface area contributed by atoms with Gasteiger partial charge in [-0.1, -0.05) is 26.2 Å². The summed E-state index contributed by atoms with van der Waals surface area (Å²) < 4.78 is 0.365. The Bertz CT molecular complexity index is 1410. The molecule has 1 spiro atoms. The van der Waals surface area contributed by atoms with Crippen LogP contribution in [0.3, 0.4) is 0 Å². The molecule has 10 fully saturated rings. The number of benzene rings is 1. The molecule has 4 atom stereocenters. The molecule has 10 aliphatic rings. The number of carbonyl (C=O) groups excluding carboxylic acids is 1. The van der Waals surface area contributed by atoms with E-state index in [4.69, 9.17) is 0 Å². The van der Waals surface area contributed by atoms with E-state index in [1.165, 1.54) is 72.2 Å². The van der Waals surface area contributed by atoms with E-state index in [-0.39, 0.29) is 0 Å². The van der Waals surface area contributed by atoms with Gasteiger partial charge in [-0.15, -0.1) is 0 Å². The quantitative estimate of drug-likeness (QED) is 0.180. The van der Waals surface area contributed by atoms with Crippen LogP contribution in [-0.2, 0) is 6.51 Å². The minimum atomic E-state index is -3.30. The molecule has 0 amide bonds. The first-order chi connectivity index (χ1) is 14.0. The van der Waals surface area contributed by atoms with Gasteiger partial charge in [0.25, 0.3) is 0 Å². The summed E-state index contributed by atoms with van der Waals surface area (Å²) in [5.74, 6) is 7.36. The fourth-order valence-electron chi connectivity index (χ4n) is 18.9. The molecule has 1 aromatic rings. The van der Waals surface area contributed by atoms with E-state index < -0.39 is 6.51 Å². The molecule has 10 heterocycles. The molecular weight excluding hydrogens is 396 g/mol. The number of hydrogen-bond acceptors (Lipinski definition) is 1. The van der Waals surface area contributed by atoms with Crippen molar-refractivity contribution in [2.75, 3.05) is 0 Å². The molecule has 2 heteroatoms. The number of Topliss-reactive ketones (excluding diaryl/α,β-unsaturated/α-hetero) is 1. The van der Waals surface area contributed by atoms with Gasteiger partial charge in [0.15, 0.2) is 0 Å². The minimum absolute atomic E-state index is 0.365. The molecular formula is C27H30FeO. The van der Waals surface area contributed by atoms with E-state index in [0.29, 0.717) is 10.1 Å². The van der Waals surface area contributed by atoms with Gasteiger partial charge in [-0.05, 0) is 0 Å². The first-order valence-electron chi connectivity index (χ1n) is 12.3. The van der Waals surface area contributed by atoms with Crippen molar-refractivity contribution in [1.29, 1.82) is 0 Å². The molecule has 1 nitrogen and oxygen atoms in total. The van der Waals surface area contributed by atoms with E-state index >= 15 is 0 Å². The van der Waals surface area contributed by atoms with Crippen LogP contribution in [0.5, 0.6) is 0 Å². The van der Waals surface area contributed by atoms with Gasteiger partial charge in [0.1, 0.15) is 0 Å². The van der Waals surface area contributed by atoms with Crippen molar-refractivity contribution in [1.82, 2.24) is 0 Å². The molecule has 0 aromatic heterocycles. The number of unbranched alkanes of at least 4 members (excludes halogenated alkanes) is 6. The van der Waals surface area contributed by atoms with Crippen LogP contribution in [0.25, 0.3) is 0 Å². The van der Waals surface area contributed by atoms with Crippen LogP contribution < -0.4 is 0 Å². The summed E-state index contributed by atoms with van der Waals surface area (Å²) in [6, 6.07) is 8.55. The van der Waals surface area contributed by atoms with Crippen molar-refractivity contribution in [2.24, 2.45) is 0 Å². The Morgan fingerprint density at radius 3 is 1.97 bits per heavy atom. The monoisotopic (exact) mass is 426 g/mol. The van der Waals surface area contributed by atoms with Crippen molar-refractivity contribution < 1.29 is 11.3 Å². The molecule has 29 heavy (non-hydrogen) atoms. The first kappa shape index (κ1) is 14.1. The zero-order chi connectivity index (χ0) is 18.9. The maximum atomic E-state index is 13.9. The molecule has 0 N–H and O–H groups in total. The standard InChI is InChI=1S/C22H25O.C5H5.Fe/c1-2-3-4-5-6-7-8-9-12-19-15-17-21(18-16-19)22(23)20-13-10-11-14-20;1-2-4-5-3-1;/h10-11,13-18H,2-8H2,1H3;1-5H;. The van der Waals surface area contributed by atoms with Gasteiger partial charge < -0.3 is 0 Å². The topological polar surface area (TPSA) is 17.1 Å². The SMILES string of the molecule is CCCCCCCCC#Cc1ccc(C(=O)[C]23[CH]4[CH]5[CH]6[CH]2[Fe]56432789[CH]3[CH]2[CH]7[CH]8[CH]39)cc1. The van der Waals surface area contributed by atoms with Crippen LogP contribution in [0.4, 0.5) is 0 Å². The molecule has 0 aliphatic carbocycles. The first-order valence-corrected chi connectivity index (χ1v) is 18.6. The number of fused-ring (bicyclic) bond motifs is 10. The molecule has 0 radical (unpaired) electrons. The Kier molecular flexibility index (Phi) is 0.904. The summed E-state index contributed by atoms with van der Waals surface area (Å²) in [5.41, 5.74) is 2.15. The molecule has 0 bridgehead atoms. The molecule has 10 saturated heterocycles. The predicted octanol–water partition coefficient (Wildman–Crippen LogP) is 7.73. The van der Waals surface area contributed by atoms with Crippen molar-refractivity contribution >= 4 is 5.78 Å². The number of carbonyl (C=O) groups is 1. The van der Waals surface area contributed by atoms with Crippen LogP contribution in [0.1, 0.15) is 67.8 Å². The maximum absolute atomic E-state index is 13.9. The molecule has 1 aromatic carbocycles. The third-order valence-corrected chi connectivity index (χ3v) is 60.4. The molecule has 0 saturated carbocycles. The summed E-state index contributed by atoms with van der Waals surface area (Å²) >= 11 is 0. The second kappa shape index (κ2) is 1.86. The van der Waals surface area contributed by atoms with Crippen LogP contribution >= 0.6 is 0 Å². The van der Waals surface area contributed by atoms with E-state index in [0.717, 1.165) is 27.2 Å².